The molecule has 6 nitrogen and oxygen atoms in total. The van der Waals surface area contributed by atoms with Gasteiger partial charge in [0, 0.05) is 15.1 Å². The molecule has 128 valence electrons. The molecule has 25 heavy (non-hydrogen) atoms. The number of phenols is 1. The Balaban J connectivity index is 1.85. The summed E-state index contributed by atoms with van der Waals surface area (Å²) < 4.78 is 0.740. The number of halogens is 2. The van der Waals surface area contributed by atoms with Crippen molar-refractivity contribution in [2.24, 2.45) is 5.92 Å². The van der Waals surface area contributed by atoms with Crippen LogP contribution in [-0.4, -0.2) is 23.0 Å². The molecule has 0 spiro atoms. The number of hydrogen-bond donors (Lipinski definition) is 2. The fraction of sp³-hybridized carbons (Fsp3) is 0.176. The van der Waals surface area contributed by atoms with Gasteiger partial charge in [-0.15, -0.1) is 0 Å². The number of anilines is 1. The van der Waals surface area contributed by atoms with Crippen LogP contribution in [0.5, 0.6) is 5.75 Å². The summed E-state index contributed by atoms with van der Waals surface area (Å²) in [6.45, 7) is 0. The summed E-state index contributed by atoms with van der Waals surface area (Å²) in [5.41, 5.74) is 1.12. The lowest BCUT2D eigenvalue weighted by molar-refractivity contribution is -0.129. The van der Waals surface area contributed by atoms with Gasteiger partial charge in [0.15, 0.2) is 6.10 Å². The Morgan fingerprint density at radius 1 is 1.12 bits per heavy atom. The molecule has 2 saturated heterocycles. The second-order valence-corrected chi connectivity index (χ2v) is 7.21. The molecule has 2 amide bonds. The van der Waals surface area contributed by atoms with E-state index in [2.05, 4.69) is 21.2 Å². The second kappa shape index (κ2) is 6.01. The van der Waals surface area contributed by atoms with Crippen LogP contribution in [0.1, 0.15) is 11.6 Å². The van der Waals surface area contributed by atoms with E-state index >= 15 is 0 Å². The zero-order valence-corrected chi connectivity index (χ0v) is 15.0. The molecule has 2 heterocycles. The molecule has 2 aliphatic heterocycles. The van der Waals surface area contributed by atoms with Crippen molar-refractivity contribution in [1.82, 2.24) is 5.32 Å². The van der Waals surface area contributed by atoms with Gasteiger partial charge in [0.2, 0.25) is 5.91 Å². The topological polar surface area (TPSA) is 78.9 Å². The molecular weight excluding hydrogens is 412 g/mol. The van der Waals surface area contributed by atoms with Gasteiger partial charge in [-0.25, -0.2) is 5.06 Å². The maximum absolute atomic E-state index is 12.3. The van der Waals surface area contributed by atoms with E-state index in [1.165, 1.54) is 11.1 Å². The van der Waals surface area contributed by atoms with Crippen LogP contribution in [0.3, 0.4) is 0 Å². The number of phenolic OH excluding ortho intramolecular Hbond substituents is 1. The van der Waals surface area contributed by atoms with E-state index in [1.54, 1.807) is 36.4 Å². The minimum Gasteiger partial charge on any atom is -0.508 e. The smallest absolute Gasteiger partial charge is 0.259 e. The molecule has 0 radical (unpaired) electrons. The van der Waals surface area contributed by atoms with Crippen LogP contribution >= 0.6 is 27.5 Å². The monoisotopic (exact) mass is 422 g/mol. The minimum absolute atomic E-state index is 0.0172. The van der Waals surface area contributed by atoms with Gasteiger partial charge in [-0.05, 0) is 42.5 Å². The molecule has 2 aromatic carbocycles. The molecule has 2 N–H and O–H groups in total. The number of carbonyl (C=O) groups is 2. The molecule has 0 saturated carbocycles. The van der Waals surface area contributed by atoms with Crippen molar-refractivity contribution in [3.8, 4) is 5.75 Å². The highest BCUT2D eigenvalue weighted by Crippen LogP contribution is 2.47. The van der Waals surface area contributed by atoms with Crippen LogP contribution < -0.4 is 10.4 Å². The van der Waals surface area contributed by atoms with Gasteiger partial charge in [0.25, 0.3) is 5.91 Å². The summed E-state index contributed by atoms with van der Waals surface area (Å²) in [7, 11) is 0. The van der Waals surface area contributed by atoms with Crippen molar-refractivity contribution in [3.63, 3.8) is 0 Å². The Bertz CT molecular complexity index is 873. The van der Waals surface area contributed by atoms with Crippen LogP contribution in [0.15, 0.2) is 46.9 Å². The van der Waals surface area contributed by atoms with Gasteiger partial charge in [0.1, 0.15) is 11.7 Å². The number of nitrogens with zero attached hydrogens (tertiary/aromatic N) is 1. The van der Waals surface area contributed by atoms with Crippen molar-refractivity contribution in [2.45, 2.75) is 12.1 Å². The van der Waals surface area contributed by atoms with E-state index in [0.29, 0.717) is 16.3 Å². The first-order valence-corrected chi connectivity index (χ1v) is 8.67. The maximum atomic E-state index is 12.3. The summed E-state index contributed by atoms with van der Waals surface area (Å²) >= 11 is 9.31. The largest absolute Gasteiger partial charge is 0.508 e. The number of hydroxylamine groups is 1. The standard InChI is InChI=1S/C17H12BrClN2O4/c18-8-1-6-12(22)11(7-8)14-13-15(17(24)20-16(13)23)25-21(14)10-4-2-9(19)3-5-10/h1-7,13-15,22H,(H,20,23,24). The van der Waals surface area contributed by atoms with Gasteiger partial charge in [-0.3, -0.25) is 19.7 Å². The van der Waals surface area contributed by atoms with Gasteiger partial charge in [-0.2, -0.15) is 0 Å². The SMILES string of the molecule is O=C1NC(=O)C2C1ON(c1ccc(Cl)cc1)C2c1cc(Br)ccc1O. The van der Waals surface area contributed by atoms with Gasteiger partial charge >= 0.3 is 0 Å². The normalized spacial score (nSPS) is 25.2. The van der Waals surface area contributed by atoms with E-state index in [4.69, 9.17) is 16.4 Å². The van der Waals surface area contributed by atoms with Crippen LogP contribution in [0.25, 0.3) is 0 Å². The number of benzene rings is 2. The van der Waals surface area contributed by atoms with Crippen molar-refractivity contribution >= 4 is 45.0 Å². The minimum atomic E-state index is -0.938. The lowest BCUT2D eigenvalue weighted by atomic mass is 9.90. The average Bonchev–Trinajstić information content (AvgIpc) is 3.09. The van der Waals surface area contributed by atoms with Crippen molar-refractivity contribution < 1.29 is 19.5 Å². The third-order valence-corrected chi connectivity index (χ3v) is 5.09. The first-order valence-electron chi connectivity index (χ1n) is 7.50. The lowest BCUT2D eigenvalue weighted by Gasteiger charge is -2.27. The van der Waals surface area contributed by atoms with Crippen LogP contribution in [0, 0.1) is 5.92 Å². The van der Waals surface area contributed by atoms with E-state index < -0.39 is 29.9 Å². The van der Waals surface area contributed by atoms with E-state index in [9.17, 15) is 14.7 Å². The summed E-state index contributed by atoms with van der Waals surface area (Å²) in [6, 6.07) is 11.1. The Labute approximate surface area is 156 Å². The Hall–Kier alpha value is -2.09. The number of amides is 2. The zero-order chi connectivity index (χ0) is 17.7. The van der Waals surface area contributed by atoms with Crippen LogP contribution in [0.2, 0.25) is 5.02 Å². The van der Waals surface area contributed by atoms with Crippen LogP contribution in [0.4, 0.5) is 5.69 Å². The van der Waals surface area contributed by atoms with E-state index in [0.717, 1.165) is 4.47 Å². The molecule has 3 unspecified atom stereocenters. The fourth-order valence-electron chi connectivity index (χ4n) is 3.22. The van der Waals surface area contributed by atoms with Gasteiger partial charge < -0.3 is 5.11 Å². The molecule has 0 aliphatic carbocycles. The Morgan fingerprint density at radius 3 is 2.56 bits per heavy atom. The summed E-state index contributed by atoms with van der Waals surface area (Å²) in [6.07, 6.45) is -0.938. The Kier molecular flexibility index (Phi) is 3.94. The van der Waals surface area contributed by atoms with Crippen molar-refractivity contribution in [3.05, 3.63) is 57.5 Å². The number of aromatic hydroxyl groups is 1. The molecule has 0 aromatic heterocycles. The molecule has 8 heteroatoms. The molecule has 3 atom stereocenters. The third kappa shape index (κ3) is 2.68. The summed E-state index contributed by atoms with van der Waals surface area (Å²) in [4.78, 5) is 30.2. The average molecular weight is 424 g/mol. The quantitative estimate of drug-likeness (QED) is 0.726. The highest BCUT2D eigenvalue weighted by atomic mass is 79.9. The van der Waals surface area contributed by atoms with E-state index in [1.807, 2.05) is 0 Å². The molecule has 2 aliphatic rings. The van der Waals surface area contributed by atoms with Crippen LogP contribution in [-0.2, 0) is 14.4 Å². The highest BCUT2D eigenvalue weighted by Gasteiger charge is 2.57. The van der Waals surface area contributed by atoms with E-state index in [-0.39, 0.29) is 5.75 Å². The molecule has 0 bridgehead atoms. The number of imide groups is 1. The number of hydrogen-bond acceptors (Lipinski definition) is 5. The maximum Gasteiger partial charge on any atom is 0.259 e. The van der Waals surface area contributed by atoms with Crippen molar-refractivity contribution in [2.75, 3.05) is 5.06 Å². The second-order valence-electron chi connectivity index (χ2n) is 5.86. The number of nitrogens with one attached hydrogen (secondary N) is 1. The molecular formula is C17H12BrClN2O4. The Morgan fingerprint density at radius 2 is 1.84 bits per heavy atom. The predicted molar refractivity (Wildman–Crippen MR) is 94.0 cm³/mol. The van der Waals surface area contributed by atoms with Crippen molar-refractivity contribution in [1.29, 1.82) is 0 Å². The molecule has 4 rings (SSSR count). The molecule has 2 fully saturated rings. The van der Waals surface area contributed by atoms with Gasteiger partial charge in [0.05, 0.1) is 11.7 Å². The number of carbonyl (C=O) groups excluding carboxylic acids is 2. The summed E-state index contributed by atoms with van der Waals surface area (Å²) in [5, 5.41) is 14.7. The summed E-state index contributed by atoms with van der Waals surface area (Å²) in [5.74, 6) is -1.64. The fourth-order valence-corrected chi connectivity index (χ4v) is 3.73. The lowest BCUT2D eigenvalue weighted by Crippen LogP contribution is -2.33. The first-order chi connectivity index (χ1) is 12.0. The highest BCUT2D eigenvalue weighted by molar-refractivity contribution is 9.10. The zero-order valence-electron chi connectivity index (χ0n) is 12.6. The third-order valence-electron chi connectivity index (χ3n) is 4.34. The molecule has 2 aromatic rings. The van der Waals surface area contributed by atoms with Gasteiger partial charge in [-0.1, -0.05) is 27.5 Å². The first kappa shape index (κ1) is 16.4. The predicted octanol–water partition coefficient (Wildman–Crippen LogP) is 2.94. The number of rotatable bonds is 2. The number of fused-ring (bicyclic) bond motifs is 1.